The van der Waals surface area contributed by atoms with Gasteiger partial charge in [-0.1, -0.05) is 0 Å². The van der Waals surface area contributed by atoms with Crippen LogP contribution in [0.4, 0.5) is 0 Å². The van der Waals surface area contributed by atoms with E-state index in [0.717, 1.165) is 31.6 Å². The van der Waals surface area contributed by atoms with E-state index in [1.54, 1.807) is 13.0 Å². The number of carbonyl (C=O) groups is 1. The molecular weight excluding hydrogens is 234 g/mol. The quantitative estimate of drug-likeness (QED) is 0.887. The average Bonchev–Trinajstić information content (AvgIpc) is 2.72. The summed E-state index contributed by atoms with van der Waals surface area (Å²) < 4.78 is 10.5. The first-order chi connectivity index (χ1) is 8.58. The van der Waals surface area contributed by atoms with E-state index >= 15 is 0 Å². The van der Waals surface area contributed by atoms with Crippen LogP contribution in [0.25, 0.3) is 0 Å². The summed E-state index contributed by atoms with van der Waals surface area (Å²) in [5.41, 5.74) is 0.946. The number of carboxylic acid groups (broad SMARTS) is 1. The number of aryl methyl sites for hydroxylation is 1. The predicted octanol–water partition coefficient (Wildman–Crippen LogP) is 1.90. The zero-order valence-corrected chi connectivity index (χ0v) is 10.8. The van der Waals surface area contributed by atoms with Crippen LogP contribution in [0.15, 0.2) is 10.5 Å². The molecule has 5 heteroatoms. The fraction of sp³-hybridized carbons (Fsp3) is 0.615. The van der Waals surface area contributed by atoms with E-state index in [1.807, 2.05) is 0 Å². The minimum absolute atomic E-state index is 0.0166. The summed E-state index contributed by atoms with van der Waals surface area (Å²) in [6, 6.07) is 2.12. The Bertz CT molecular complexity index is 421. The van der Waals surface area contributed by atoms with Gasteiger partial charge in [-0.3, -0.25) is 4.90 Å². The molecule has 2 rings (SSSR count). The van der Waals surface area contributed by atoms with Gasteiger partial charge in [0.25, 0.3) is 0 Å². The van der Waals surface area contributed by atoms with Crippen LogP contribution < -0.4 is 0 Å². The topological polar surface area (TPSA) is 62.9 Å². The number of nitrogens with zero attached hydrogens (tertiary/aromatic N) is 1. The van der Waals surface area contributed by atoms with Gasteiger partial charge in [-0.05, 0) is 32.9 Å². The number of hydrogen-bond acceptors (Lipinski definition) is 4. The van der Waals surface area contributed by atoms with Crippen LogP contribution in [0.5, 0.6) is 0 Å². The molecule has 1 aromatic heterocycles. The highest BCUT2D eigenvalue weighted by atomic mass is 16.5. The lowest BCUT2D eigenvalue weighted by molar-refractivity contribution is 0.0406. The van der Waals surface area contributed by atoms with E-state index in [2.05, 4.69) is 11.9 Å². The van der Waals surface area contributed by atoms with E-state index < -0.39 is 5.97 Å². The molecule has 1 N–H and O–H groups in total. The monoisotopic (exact) mass is 253 g/mol. The summed E-state index contributed by atoms with van der Waals surface area (Å²) in [6.07, 6.45) is 2.05. The Labute approximate surface area is 106 Å². The molecule has 1 fully saturated rings. The fourth-order valence-corrected chi connectivity index (χ4v) is 2.31. The lowest BCUT2D eigenvalue weighted by Crippen LogP contribution is -2.36. The zero-order chi connectivity index (χ0) is 13.1. The lowest BCUT2D eigenvalue weighted by atomic mass is 10.1. The SMILES string of the molecule is Cc1oc(C(=O)O)cc1CN(C)C1CCOCC1. The van der Waals surface area contributed by atoms with Crippen molar-refractivity contribution in [1.29, 1.82) is 0 Å². The molecule has 1 aromatic rings. The molecule has 100 valence electrons. The van der Waals surface area contributed by atoms with Crippen LogP contribution in [-0.4, -0.2) is 42.3 Å². The highest BCUT2D eigenvalue weighted by Crippen LogP contribution is 2.20. The van der Waals surface area contributed by atoms with Crippen molar-refractivity contribution in [3.8, 4) is 0 Å². The smallest absolute Gasteiger partial charge is 0.371 e. The molecule has 0 aromatic carbocycles. The molecule has 2 heterocycles. The number of ether oxygens (including phenoxy) is 1. The average molecular weight is 253 g/mol. The summed E-state index contributed by atoms with van der Waals surface area (Å²) in [5.74, 6) is -0.313. The van der Waals surface area contributed by atoms with Crippen molar-refractivity contribution in [2.45, 2.75) is 32.4 Å². The van der Waals surface area contributed by atoms with Crippen molar-refractivity contribution in [3.63, 3.8) is 0 Å². The molecule has 5 nitrogen and oxygen atoms in total. The summed E-state index contributed by atoms with van der Waals surface area (Å²) in [6.45, 7) is 4.13. The molecule has 0 amide bonds. The third kappa shape index (κ3) is 2.91. The molecule has 0 bridgehead atoms. The molecule has 1 aliphatic rings. The standard InChI is InChI=1S/C13H19NO4/c1-9-10(7-12(18-9)13(15)16)8-14(2)11-3-5-17-6-4-11/h7,11H,3-6,8H2,1-2H3,(H,15,16). The molecule has 0 atom stereocenters. The van der Waals surface area contributed by atoms with Gasteiger partial charge < -0.3 is 14.3 Å². The molecule has 0 aliphatic carbocycles. The fourth-order valence-electron chi connectivity index (χ4n) is 2.31. The van der Waals surface area contributed by atoms with Crippen molar-refractivity contribution in [1.82, 2.24) is 4.90 Å². The summed E-state index contributed by atoms with van der Waals surface area (Å²) >= 11 is 0. The van der Waals surface area contributed by atoms with Crippen molar-refractivity contribution >= 4 is 5.97 Å². The first kappa shape index (κ1) is 13.1. The Hall–Kier alpha value is -1.33. The van der Waals surface area contributed by atoms with Crippen molar-refractivity contribution in [3.05, 3.63) is 23.2 Å². The van der Waals surface area contributed by atoms with Crippen molar-refractivity contribution in [2.24, 2.45) is 0 Å². The molecule has 0 unspecified atom stereocenters. The van der Waals surface area contributed by atoms with Crippen LogP contribution in [0.1, 0.15) is 34.7 Å². The predicted molar refractivity (Wildman–Crippen MR) is 65.7 cm³/mol. The first-order valence-electron chi connectivity index (χ1n) is 6.18. The van der Waals surface area contributed by atoms with Crippen LogP contribution in [0.3, 0.4) is 0 Å². The largest absolute Gasteiger partial charge is 0.475 e. The van der Waals surface area contributed by atoms with E-state index in [0.29, 0.717) is 18.3 Å². The second kappa shape index (κ2) is 5.54. The number of carboxylic acids is 1. The minimum Gasteiger partial charge on any atom is -0.475 e. The van der Waals surface area contributed by atoms with Gasteiger partial charge >= 0.3 is 5.97 Å². The van der Waals surface area contributed by atoms with Crippen LogP contribution in [-0.2, 0) is 11.3 Å². The summed E-state index contributed by atoms with van der Waals surface area (Å²) in [4.78, 5) is 13.1. The van der Waals surface area contributed by atoms with E-state index in [-0.39, 0.29) is 5.76 Å². The van der Waals surface area contributed by atoms with Crippen molar-refractivity contribution < 1.29 is 19.1 Å². The molecule has 0 spiro atoms. The maximum absolute atomic E-state index is 10.8. The van der Waals surface area contributed by atoms with E-state index in [9.17, 15) is 4.79 Å². The van der Waals surface area contributed by atoms with Gasteiger partial charge in [-0.2, -0.15) is 0 Å². The van der Waals surface area contributed by atoms with Gasteiger partial charge in [0.1, 0.15) is 5.76 Å². The molecule has 1 aliphatic heterocycles. The zero-order valence-electron chi connectivity index (χ0n) is 10.8. The number of aromatic carboxylic acids is 1. The second-order valence-corrected chi connectivity index (χ2v) is 4.76. The Morgan fingerprint density at radius 2 is 2.17 bits per heavy atom. The van der Waals surface area contributed by atoms with Gasteiger partial charge in [0.15, 0.2) is 0 Å². The van der Waals surface area contributed by atoms with Gasteiger partial charge in [0.05, 0.1) is 0 Å². The van der Waals surface area contributed by atoms with Crippen LogP contribution >= 0.6 is 0 Å². The highest BCUT2D eigenvalue weighted by molar-refractivity contribution is 5.84. The highest BCUT2D eigenvalue weighted by Gasteiger charge is 2.21. The van der Waals surface area contributed by atoms with Crippen LogP contribution in [0.2, 0.25) is 0 Å². The Morgan fingerprint density at radius 3 is 2.72 bits per heavy atom. The Morgan fingerprint density at radius 1 is 1.50 bits per heavy atom. The number of rotatable bonds is 4. The number of hydrogen-bond donors (Lipinski definition) is 1. The summed E-state index contributed by atoms with van der Waals surface area (Å²) in [5, 5.41) is 8.88. The first-order valence-corrected chi connectivity index (χ1v) is 6.18. The molecule has 1 saturated heterocycles. The minimum atomic E-state index is -1.02. The third-order valence-electron chi connectivity index (χ3n) is 3.47. The number of furan rings is 1. The van der Waals surface area contributed by atoms with Gasteiger partial charge in [0, 0.05) is 31.4 Å². The van der Waals surface area contributed by atoms with Crippen LogP contribution in [0, 0.1) is 6.92 Å². The lowest BCUT2D eigenvalue weighted by Gasteiger charge is -2.30. The van der Waals surface area contributed by atoms with E-state index in [1.165, 1.54) is 0 Å². The van der Waals surface area contributed by atoms with Gasteiger partial charge in [-0.15, -0.1) is 0 Å². The third-order valence-corrected chi connectivity index (χ3v) is 3.47. The second-order valence-electron chi connectivity index (χ2n) is 4.76. The molecule has 0 saturated carbocycles. The van der Waals surface area contributed by atoms with Crippen molar-refractivity contribution in [2.75, 3.05) is 20.3 Å². The molecular formula is C13H19NO4. The summed E-state index contributed by atoms with van der Waals surface area (Å²) in [7, 11) is 2.06. The molecule has 18 heavy (non-hydrogen) atoms. The normalized spacial score (nSPS) is 17.3. The van der Waals surface area contributed by atoms with Gasteiger partial charge in [-0.25, -0.2) is 4.79 Å². The molecule has 0 radical (unpaired) electrons. The Kier molecular flexibility index (Phi) is 4.04. The van der Waals surface area contributed by atoms with Gasteiger partial charge in [0.2, 0.25) is 5.76 Å². The maximum Gasteiger partial charge on any atom is 0.371 e. The maximum atomic E-state index is 10.8. The Balaban J connectivity index is 2.01. The van der Waals surface area contributed by atoms with E-state index in [4.69, 9.17) is 14.3 Å².